The van der Waals surface area contributed by atoms with Gasteiger partial charge in [0.05, 0.1) is 10.6 Å². The summed E-state index contributed by atoms with van der Waals surface area (Å²) in [6.07, 6.45) is 0.305. The van der Waals surface area contributed by atoms with Crippen molar-refractivity contribution in [2.24, 2.45) is 0 Å². The van der Waals surface area contributed by atoms with Crippen LogP contribution in [0, 0.1) is 0 Å². The third-order valence-electron chi connectivity index (χ3n) is 2.91. The molecule has 0 saturated heterocycles. The van der Waals surface area contributed by atoms with E-state index in [0.29, 0.717) is 23.7 Å². The fourth-order valence-electron chi connectivity index (χ4n) is 1.69. The van der Waals surface area contributed by atoms with Crippen molar-refractivity contribution in [2.75, 3.05) is 11.9 Å². The summed E-state index contributed by atoms with van der Waals surface area (Å²) in [6, 6.07) is 3.96. The number of carbonyl (C=O) groups is 3. The molecule has 0 saturated carbocycles. The summed E-state index contributed by atoms with van der Waals surface area (Å²) in [5.41, 5.74) is 0.722. The van der Waals surface area contributed by atoms with Gasteiger partial charge in [0.15, 0.2) is 0 Å². The van der Waals surface area contributed by atoms with E-state index >= 15 is 0 Å². The first-order valence-corrected chi connectivity index (χ1v) is 7.44. The Labute approximate surface area is 134 Å². The topological polar surface area (TPSA) is 87.3 Å². The molecule has 1 atom stereocenters. The Morgan fingerprint density at radius 2 is 1.91 bits per heavy atom. The highest BCUT2D eigenvalue weighted by molar-refractivity contribution is 6.34. The normalized spacial score (nSPS) is 11.5. The summed E-state index contributed by atoms with van der Waals surface area (Å²) in [6.45, 7) is 5.57. The Morgan fingerprint density at radius 1 is 1.23 bits per heavy atom. The van der Waals surface area contributed by atoms with Crippen LogP contribution in [0.1, 0.15) is 37.6 Å². The SMILES string of the molecule is CCNC(=O)c1cc(NC(=O)C(C)NC(=O)CC)ccc1Cl. The first kappa shape index (κ1) is 18.0. The van der Waals surface area contributed by atoms with Crippen LogP contribution in [0.4, 0.5) is 5.69 Å². The number of nitrogens with one attached hydrogen (secondary N) is 3. The molecule has 7 heteroatoms. The zero-order chi connectivity index (χ0) is 16.7. The largest absolute Gasteiger partial charge is 0.352 e. The highest BCUT2D eigenvalue weighted by Gasteiger charge is 2.16. The van der Waals surface area contributed by atoms with Gasteiger partial charge in [-0.1, -0.05) is 18.5 Å². The van der Waals surface area contributed by atoms with Crippen LogP contribution in [0.15, 0.2) is 18.2 Å². The van der Waals surface area contributed by atoms with Crippen LogP contribution < -0.4 is 16.0 Å². The van der Waals surface area contributed by atoms with Crippen LogP contribution in [0.2, 0.25) is 5.02 Å². The Balaban J connectivity index is 2.81. The number of anilines is 1. The van der Waals surface area contributed by atoms with Crippen LogP contribution in [-0.4, -0.2) is 30.3 Å². The number of hydrogen-bond acceptors (Lipinski definition) is 3. The predicted octanol–water partition coefficient (Wildman–Crippen LogP) is 1.94. The monoisotopic (exact) mass is 325 g/mol. The lowest BCUT2D eigenvalue weighted by atomic mass is 10.1. The highest BCUT2D eigenvalue weighted by atomic mass is 35.5. The summed E-state index contributed by atoms with van der Waals surface area (Å²) >= 11 is 5.98. The van der Waals surface area contributed by atoms with Crippen molar-refractivity contribution in [1.29, 1.82) is 0 Å². The zero-order valence-corrected chi connectivity index (χ0v) is 13.6. The third kappa shape index (κ3) is 5.04. The van der Waals surface area contributed by atoms with E-state index in [2.05, 4.69) is 16.0 Å². The molecule has 6 nitrogen and oxygen atoms in total. The van der Waals surface area contributed by atoms with Gasteiger partial charge in [0.25, 0.3) is 5.91 Å². The Morgan fingerprint density at radius 3 is 2.50 bits per heavy atom. The minimum Gasteiger partial charge on any atom is -0.352 e. The second kappa shape index (κ2) is 8.38. The van der Waals surface area contributed by atoms with E-state index in [1.165, 1.54) is 12.1 Å². The number of halogens is 1. The van der Waals surface area contributed by atoms with Gasteiger partial charge < -0.3 is 16.0 Å². The van der Waals surface area contributed by atoms with Crippen LogP contribution in [-0.2, 0) is 9.59 Å². The van der Waals surface area contributed by atoms with E-state index in [0.717, 1.165) is 0 Å². The van der Waals surface area contributed by atoms with E-state index in [1.807, 2.05) is 0 Å². The van der Waals surface area contributed by atoms with Crippen molar-refractivity contribution in [3.63, 3.8) is 0 Å². The number of benzene rings is 1. The lowest BCUT2D eigenvalue weighted by molar-refractivity contribution is -0.125. The van der Waals surface area contributed by atoms with E-state index in [1.54, 1.807) is 26.8 Å². The molecule has 1 aromatic rings. The molecule has 0 fully saturated rings. The van der Waals surface area contributed by atoms with E-state index < -0.39 is 6.04 Å². The van der Waals surface area contributed by atoms with Gasteiger partial charge in [0.2, 0.25) is 11.8 Å². The molecule has 0 heterocycles. The molecule has 0 aliphatic rings. The van der Waals surface area contributed by atoms with Gasteiger partial charge in [-0.15, -0.1) is 0 Å². The maximum Gasteiger partial charge on any atom is 0.252 e. The minimum absolute atomic E-state index is 0.207. The van der Waals surface area contributed by atoms with Gasteiger partial charge in [-0.25, -0.2) is 0 Å². The Bertz CT molecular complexity index is 575. The smallest absolute Gasteiger partial charge is 0.252 e. The molecule has 0 aliphatic heterocycles. The summed E-state index contributed by atoms with van der Waals surface area (Å²) in [5, 5.41) is 8.15. The lowest BCUT2D eigenvalue weighted by Crippen LogP contribution is -2.41. The molecular weight excluding hydrogens is 306 g/mol. The van der Waals surface area contributed by atoms with Gasteiger partial charge in [0.1, 0.15) is 6.04 Å². The van der Waals surface area contributed by atoms with E-state index in [-0.39, 0.29) is 23.3 Å². The number of rotatable bonds is 6. The average Bonchev–Trinajstić information content (AvgIpc) is 2.49. The quantitative estimate of drug-likeness (QED) is 0.747. The van der Waals surface area contributed by atoms with Gasteiger partial charge in [-0.05, 0) is 32.0 Å². The second-order valence-corrected chi connectivity index (χ2v) is 5.09. The maximum absolute atomic E-state index is 12.0. The van der Waals surface area contributed by atoms with Gasteiger partial charge in [-0.2, -0.15) is 0 Å². The van der Waals surface area contributed by atoms with Crippen molar-refractivity contribution in [3.8, 4) is 0 Å². The number of carbonyl (C=O) groups excluding carboxylic acids is 3. The van der Waals surface area contributed by atoms with Crippen LogP contribution >= 0.6 is 11.6 Å². The van der Waals surface area contributed by atoms with Crippen LogP contribution in [0.3, 0.4) is 0 Å². The van der Waals surface area contributed by atoms with Gasteiger partial charge in [-0.3, -0.25) is 14.4 Å². The highest BCUT2D eigenvalue weighted by Crippen LogP contribution is 2.20. The summed E-state index contributed by atoms with van der Waals surface area (Å²) < 4.78 is 0. The number of amides is 3. The zero-order valence-electron chi connectivity index (χ0n) is 12.8. The fraction of sp³-hybridized carbons (Fsp3) is 0.400. The van der Waals surface area contributed by atoms with Crippen molar-refractivity contribution < 1.29 is 14.4 Å². The molecule has 0 radical (unpaired) electrons. The first-order chi connectivity index (χ1) is 10.4. The second-order valence-electron chi connectivity index (χ2n) is 4.69. The molecule has 1 aromatic carbocycles. The van der Waals surface area contributed by atoms with Crippen LogP contribution in [0.25, 0.3) is 0 Å². The molecule has 0 spiro atoms. The van der Waals surface area contributed by atoms with Crippen molar-refractivity contribution in [2.45, 2.75) is 33.2 Å². The fourth-order valence-corrected chi connectivity index (χ4v) is 1.90. The predicted molar refractivity (Wildman–Crippen MR) is 86.0 cm³/mol. The van der Waals surface area contributed by atoms with Crippen molar-refractivity contribution >= 4 is 35.0 Å². The molecular formula is C15H20ClN3O3. The average molecular weight is 326 g/mol. The molecule has 0 bridgehead atoms. The van der Waals surface area contributed by atoms with Crippen molar-refractivity contribution in [3.05, 3.63) is 28.8 Å². The molecule has 1 rings (SSSR count). The lowest BCUT2D eigenvalue weighted by Gasteiger charge is -2.14. The molecule has 3 amide bonds. The molecule has 1 unspecified atom stereocenters. The standard InChI is InChI=1S/C15H20ClN3O3/c1-4-13(20)18-9(3)14(21)19-10-6-7-12(16)11(8-10)15(22)17-5-2/h6-9H,4-5H2,1-3H3,(H,17,22)(H,18,20)(H,19,21). The Hall–Kier alpha value is -2.08. The Kier molecular flexibility index (Phi) is 6.85. The minimum atomic E-state index is -0.670. The first-order valence-electron chi connectivity index (χ1n) is 7.07. The summed E-state index contributed by atoms with van der Waals surface area (Å²) in [7, 11) is 0. The van der Waals surface area contributed by atoms with E-state index in [4.69, 9.17) is 11.6 Å². The molecule has 22 heavy (non-hydrogen) atoms. The van der Waals surface area contributed by atoms with Gasteiger partial charge in [0, 0.05) is 18.7 Å². The maximum atomic E-state index is 12.0. The van der Waals surface area contributed by atoms with Crippen molar-refractivity contribution in [1.82, 2.24) is 10.6 Å². The van der Waals surface area contributed by atoms with Crippen LogP contribution in [0.5, 0.6) is 0 Å². The summed E-state index contributed by atoms with van der Waals surface area (Å²) in [5.74, 6) is -0.885. The summed E-state index contributed by atoms with van der Waals surface area (Å²) in [4.78, 5) is 35.1. The third-order valence-corrected chi connectivity index (χ3v) is 3.24. The number of hydrogen-bond donors (Lipinski definition) is 3. The van der Waals surface area contributed by atoms with E-state index in [9.17, 15) is 14.4 Å². The molecule has 0 aliphatic carbocycles. The molecule has 3 N–H and O–H groups in total. The van der Waals surface area contributed by atoms with Gasteiger partial charge >= 0.3 is 0 Å². The molecule has 120 valence electrons. The molecule has 0 aromatic heterocycles.